The van der Waals surface area contributed by atoms with Crippen LogP contribution in [0.5, 0.6) is 5.75 Å². The molecule has 1 heterocycles. The van der Waals surface area contributed by atoms with E-state index in [4.69, 9.17) is 9.84 Å². The van der Waals surface area contributed by atoms with Crippen molar-refractivity contribution in [1.29, 1.82) is 0 Å². The van der Waals surface area contributed by atoms with Gasteiger partial charge in [-0.3, -0.25) is 0 Å². The van der Waals surface area contributed by atoms with Gasteiger partial charge in [0.1, 0.15) is 17.4 Å². The molecule has 15 heavy (non-hydrogen) atoms. The number of ether oxygens (including phenoxy) is 1. The van der Waals surface area contributed by atoms with Gasteiger partial charge in [-0.1, -0.05) is 12.1 Å². The summed E-state index contributed by atoms with van der Waals surface area (Å²) in [7, 11) is 0. The van der Waals surface area contributed by atoms with Crippen molar-refractivity contribution in [3.63, 3.8) is 0 Å². The van der Waals surface area contributed by atoms with Crippen molar-refractivity contribution >= 4 is 18.4 Å². The van der Waals surface area contributed by atoms with E-state index in [1.807, 2.05) is 0 Å². The molecular weight excluding hydrogens is 218 g/mol. The van der Waals surface area contributed by atoms with Crippen LogP contribution in [0.1, 0.15) is 10.4 Å². The highest BCUT2D eigenvalue weighted by atomic mass is 35.5. The van der Waals surface area contributed by atoms with Gasteiger partial charge in [0.2, 0.25) is 0 Å². The molecule has 5 heteroatoms. The summed E-state index contributed by atoms with van der Waals surface area (Å²) < 4.78 is 5.50. The number of hydrogen-bond acceptors (Lipinski definition) is 3. The van der Waals surface area contributed by atoms with Crippen LogP contribution in [0.4, 0.5) is 0 Å². The lowest BCUT2D eigenvalue weighted by Crippen LogP contribution is -2.50. The Bertz CT molecular complexity index is 352. The molecule has 82 valence electrons. The van der Waals surface area contributed by atoms with E-state index in [1.54, 1.807) is 24.3 Å². The predicted molar refractivity (Wildman–Crippen MR) is 57.9 cm³/mol. The molecule has 2 rings (SSSR count). The van der Waals surface area contributed by atoms with E-state index >= 15 is 0 Å². The third-order valence-electron chi connectivity index (χ3n) is 2.16. The average molecular weight is 230 g/mol. The number of hydrogen-bond donors (Lipinski definition) is 2. The van der Waals surface area contributed by atoms with Gasteiger partial charge in [-0.05, 0) is 12.1 Å². The second-order valence-electron chi connectivity index (χ2n) is 3.20. The number of carboxylic acids is 1. The first kappa shape index (κ1) is 11.8. The Balaban J connectivity index is 0.00000112. The number of halogens is 1. The minimum absolute atomic E-state index is 0. The van der Waals surface area contributed by atoms with Crippen LogP contribution in [-0.4, -0.2) is 30.3 Å². The van der Waals surface area contributed by atoms with Crippen molar-refractivity contribution in [2.45, 2.75) is 6.10 Å². The first-order chi connectivity index (χ1) is 6.77. The summed E-state index contributed by atoms with van der Waals surface area (Å²) in [5.74, 6) is -0.501. The van der Waals surface area contributed by atoms with E-state index in [0.29, 0.717) is 5.75 Å². The molecule has 1 aromatic carbocycles. The van der Waals surface area contributed by atoms with Crippen LogP contribution in [0.2, 0.25) is 0 Å². The molecule has 0 unspecified atom stereocenters. The highest BCUT2D eigenvalue weighted by Gasteiger charge is 2.20. The zero-order valence-corrected chi connectivity index (χ0v) is 8.79. The summed E-state index contributed by atoms with van der Waals surface area (Å²) in [6.07, 6.45) is 0.107. The van der Waals surface area contributed by atoms with Gasteiger partial charge >= 0.3 is 5.97 Å². The van der Waals surface area contributed by atoms with Crippen molar-refractivity contribution in [3.8, 4) is 5.75 Å². The average Bonchev–Trinajstić information content (AvgIpc) is 2.12. The Morgan fingerprint density at radius 1 is 1.40 bits per heavy atom. The van der Waals surface area contributed by atoms with E-state index in [2.05, 4.69) is 5.32 Å². The normalized spacial score (nSPS) is 14.9. The summed E-state index contributed by atoms with van der Waals surface area (Å²) in [6.45, 7) is 1.57. The summed E-state index contributed by atoms with van der Waals surface area (Å²) in [6, 6.07) is 6.69. The van der Waals surface area contributed by atoms with Crippen LogP contribution in [0.25, 0.3) is 0 Å². The Morgan fingerprint density at radius 2 is 2.07 bits per heavy atom. The van der Waals surface area contributed by atoms with E-state index in [9.17, 15) is 4.79 Å². The fourth-order valence-corrected chi connectivity index (χ4v) is 1.27. The van der Waals surface area contributed by atoms with E-state index in [0.717, 1.165) is 13.1 Å². The maximum atomic E-state index is 10.8. The minimum atomic E-state index is -0.951. The molecular formula is C10H12ClNO3. The number of aromatic carboxylic acids is 1. The van der Waals surface area contributed by atoms with Gasteiger partial charge in [0, 0.05) is 13.1 Å². The fraction of sp³-hybridized carbons (Fsp3) is 0.300. The minimum Gasteiger partial charge on any atom is -0.487 e. The van der Waals surface area contributed by atoms with E-state index < -0.39 is 5.97 Å². The quantitative estimate of drug-likeness (QED) is 0.817. The summed E-state index contributed by atoms with van der Waals surface area (Å²) in [5.41, 5.74) is 0.222. The molecule has 1 aliphatic rings. The molecule has 0 aliphatic carbocycles. The molecule has 0 bridgehead atoms. The molecule has 0 spiro atoms. The van der Waals surface area contributed by atoms with E-state index in [1.165, 1.54) is 0 Å². The molecule has 2 N–H and O–H groups in total. The Hall–Kier alpha value is -1.26. The second-order valence-corrected chi connectivity index (χ2v) is 3.20. The molecule has 1 aliphatic heterocycles. The standard InChI is InChI=1S/C10H11NO3.ClH/c12-10(13)8-3-1-2-4-9(8)14-7-5-11-6-7;/h1-4,7,11H,5-6H2,(H,12,13);1H. The topological polar surface area (TPSA) is 58.6 Å². The van der Waals surface area contributed by atoms with Gasteiger partial charge in [-0.15, -0.1) is 12.4 Å². The number of rotatable bonds is 3. The van der Waals surface area contributed by atoms with Gasteiger partial charge in [-0.25, -0.2) is 4.79 Å². The zero-order chi connectivity index (χ0) is 9.97. The number of nitrogens with one attached hydrogen (secondary N) is 1. The monoisotopic (exact) mass is 229 g/mol. The maximum Gasteiger partial charge on any atom is 0.339 e. The van der Waals surface area contributed by atoms with E-state index in [-0.39, 0.29) is 24.1 Å². The summed E-state index contributed by atoms with van der Waals surface area (Å²) >= 11 is 0. The van der Waals surface area contributed by atoms with Gasteiger partial charge in [-0.2, -0.15) is 0 Å². The van der Waals surface area contributed by atoms with Gasteiger partial charge in [0.15, 0.2) is 0 Å². The van der Waals surface area contributed by atoms with Crippen molar-refractivity contribution < 1.29 is 14.6 Å². The molecule has 0 radical (unpaired) electrons. The summed E-state index contributed by atoms with van der Waals surface area (Å²) in [5, 5.41) is 11.9. The molecule has 4 nitrogen and oxygen atoms in total. The molecule has 1 fully saturated rings. The maximum absolute atomic E-state index is 10.8. The van der Waals surface area contributed by atoms with Crippen LogP contribution in [0, 0.1) is 0 Å². The van der Waals surface area contributed by atoms with Gasteiger partial charge in [0.05, 0.1) is 0 Å². The molecule has 0 amide bonds. The first-order valence-corrected chi connectivity index (χ1v) is 4.47. The van der Waals surface area contributed by atoms with Crippen LogP contribution < -0.4 is 10.1 Å². The SMILES string of the molecule is Cl.O=C(O)c1ccccc1OC1CNC1. The third kappa shape index (κ3) is 2.61. The van der Waals surface area contributed by atoms with Crippen LogP contribution >= 0.6 is 12.4 Å². The highest BCUT2D eigenvalue weighted by molar-refractivity contribution is 5.90. The Labute approximate surface area is 93.7 Å². The lowest BCUT2D eigenvalue weighted by Gasteiger charge is -2.28. The van der Waals surface area contributed by atoms with Gasteiger partial charge < -0.3 is 15.2 Å². The smallest absolute Gasteiger partial charge is 0.339 e. The Morgan fingerprint density at radius 3 is 2.60 bits per heavy atom. The number of benzene rings is 1. The van der Waals surface area contributed by atoms with Crippen LogP contribution in [0.15, 0.2) is 24.3 Å². The highest BCUT2D eigenvalue weighted by Crippen LogP contribution is 2.19. The molecule has 1 saturated heterocycles. The number of carbonyl (C=O) groups is 1. The second kappa shape index (κ2) is 5.00. The molecule has 0 saturated carbocycles. The number of para-hydroxylation sites is 1. The summed E-state index contributed by atoms with van der Waals surface area (Å²) in [4.78, 5) is 10.8. The predicted octanol–water partition coefficient (Wildman–Crippen LogP) is 1.16. The van der Waals surface area contributed by atoms with Crippen molar-refractivity contribution in [3.05, 3.63) is 29.8 Å². The number of carboxylic acid groups (broad SMARTS) is 1. The third-order valence-corrected chi connectivity index (χ3v) is 2.16. The zero-order valence-electron chi connectivity index (χ0n) is 7.97. The molecule has 1 aromatic rings. The Kier molecular flexibility index (Phi) is 3.94. The van der Waals surface area contributed by atoms with Crippen LogP contribution in [-0.2, 0) is 0 Å². The largest absolute Gasteiger partial charge is 0.487 e. The van der Waals surface area contributed by atoms with Crippen molar-refractivity contribution in [2.75, 3.05) is 13.1 Å². The van der Waals surface area contributed by atoms with Gasteiger partial charge in [0.25, 0.3) is 0 Å². The lowest BCUT2D eigenvalue weighted by atomic mass is 10.2. The first-order valence-electron chi connectivity index (χ1n) is 4.47. The lowest BCUT2D eigenvalue weighted by molar-refractivity contribution is 0.0684. The molecule has 0 aromatic heterocycles. The van der Waals surface area contributed by atoms with Crippen molar-refractivity contribution in [2.24, 2.45) is 0 Å². The molecule has 0 atom stereocenters. The van der Waals surface area contributed by atoms with Crippen LogP contribution in [0.3, 0.4) is 0 Å². The van der Waals surface area contributed by atoms with Crippen molar-refractivity contribution in [1.82, 2.24) is 5.32 Å². The fourth-order valence-electron chi connectivity index (χ4n) is 1.27.